The van der Waals surface area contributed by atoms with Crippen LogP contribution in [-0.4, -0.2) is 11.8 Å². The van der Waals surface area contributed by atoms with Gasteiger partial charge in [-0.25, -0.2) is 0 Å². The van der Waals surface area contributed by atoms with Gasteiger partial charge in [-0.3, -0.25) is 4.79 Å². The Morgan fingerprint density at radius 3 is 2.36 bits per heavy atom. The average Bonchev–Trinajstić information content (AvgIpc) is 2.13. The van der Waals surface area contributed by atoms with Crippen LogP contribution < -0.4 is 0 Å². The molecule has 0 saturated heterocycles. The monoisotopic (exact) mass is 193 g/mol. The molecule has 1 aliphatic rings. The number of allylic oxidation sites excluding steroid dienone is 2. The molecule has 0 heterocycles. The predicted octanol–water partition coefficient (Wildman–Crippen LogP) is 2.62. The molecular weight excluding hydrogens is 178 g/mol. The van der Waals surface area contributed by atoms with Crippen LogP contribution in [0, 0.1) is 10.8 Å². The number of hydrogen-bond acceptors (Lipinski definition) is 3. The van der Waals surface area contributed by atoms with E-state index in [-0.39, 0.29) is 11.7 Å². The molecule has 1 unspecified atom stereocenters. The smallest absolute Gasteiger partial charge is 0.181 e. The molecule has 14 heavy (non-hydrogen) atoms. The lowest BCUT2D eigenvalue weighted by atomic mass is 9.83. The average molecular weight is 193 g/mol. The van der Waals surface area contributed by atoms with Crippen LogP contribution in [0.4, 0.5) is 0 Å². The van der Waals surface area contributed by atoms with Crippen molar-refractivity contribution in [1.29, 1.82) is 0 Å². The standard InChI is InChI=1S/C11H15NO2/c1-6(2)9-5-10(13)7(3)8(4)11(9)12-14/h5-6,11H,1-4H3. The fraction of sp³-hybridized carbons (Fsp3) is 0.545. The van der Waals surface area contributed by atoms with Crippen LogP contribution in [0.1, 0.15) is 27.7 Å². The van der Waals surface area contributed by atoms with Crippen LogP contribution >= 0.6 is 0 Å². The lowest BCUT2D eigenvalue weighted by Crippen LogP contribution is -2.22. The molecule has 0 aromatic rings. The minimum Gasteiger partial charge on any atom is -0.290 e. The van der Waals surface area contributed by atoms with Crippen molar-refractivity contribution in [3.63, 3.8) is 0 Å². The number of nitroso groups, excluding NO2 is 1. The molecule has 0 N–H and O–H groups in total. The quantitative estimate of drug-likeness (QED) is 0.633. The number of rotatable bonds is 2. The van der Waals surface area contributed by atoms with Crippen LogP contribution in [-0.2, 0) is 4.79 Å². The van der Waals surface area contributed by atoms with Crippen molar-refractivity contribution in [3.05, 3.63) is 27.7 Å². The van der Waals surface area contributed by atoms with Gasteiger partial charge in [0.1, 0.15) is 6.04 Å². The summed E-state index contributed by atoms with van der Waals surface area (Å²) in [6.07, 6.45) is 1.55. The number of ketones is 1. The van der Waals surface area contributed by atoms with Crippen molar-refractivity contribution in [1.82, 2.24) is 0 Å². The molecule has 1 aliphatic carbocycles. The highest BCUT2D eigenvalue weighted by molar-refractivity contribution is 6.06. The van der Waals surface area contributed by atoms with Crippen molar-refractivity contribution in [2.45, 2.75) is 33.7 Å². The summed E-state index contributed by atoms with van der Waals surface area (Å²) in [6.45, 7) is 7.47. The highest BCUT2D eigenvalue weighted by Crippen LogP contribution is 2.29. The first kappa shape index (κ1) is 10.8. The van der Waals surface area contributed by atoms with Gasteiger partial charge in [0.2, 0.25) is 0 Å². The maximum atomic E-state index is 11.5. The summed E-state index contributed by atoms with van der Waals surface area (Å²) in [4.78, 5) is 22.2. The van der Waals surface area contributed by atoms with Gasteiger partial charge in [-0.15, -0.1) is 4.91 Å². The SMILES string of the molecule is CC1=C(C)C(N=O)C(C(C)C)=CC1=O. The highest BCUT2D eigenvalue weighted by Gasteiger charge is 2.27. The summed E-state index contributed by atoms with van der Waals surface area (Å²) >= 11 is 0. The molecule has 3 nitrogen and oxygen atoms in total. The van der Waals surface area contributed by atoms with Gasteiger partial charge in [-0.05, 0) is 42.6 Å². The van der Waals surface area contributed by atoms with Gasteiger partial charge in [-0.1, -0.05) is 19.0 Å². The second-order valence-corrected chi connectivity index (χ2v) is 3.98. The fourth-order valence-corrected chi connectivity index (χ4v) is 1.61. The Morgan fingerprint density at radius 1 is 1.36 bits per heavy atom. The van der Waals surface area contributed by atoms with Gasteiger partial charge in [0.25, 0.3) is 0 Å². The lowest BCUT2D eigenvalue weighted by molar-refractivity contribution is -0.111. The Bertz CT molecular complexity index is 337. The third kappa shape index (κ3) is 1.67. The maximum Gasteiger partial charge on any atom is 0.181 e. The zero-order chi connectivity index (χ0) is 10.9. The number of carbonyl (C=O) groups excluding carboxylic acids is 1. The first-order chi connectivity index (χ1) is 6.49. The summed E-state index contributed by atoms with van der Waals surface area (Å²) < 4.78 is 0. The molecule has 0 aromatic carbocycles. The Kier molecular flexibility index (Phi) is 2.99. The normalized spacial score (nSPS) is 22.8. The molecule has 0 radical (unpaired) electrons. The van der Waals surface area contributed by atoms with E-state index in [9.17, 15) is 9.70 Å². The molecule has 1 atom stereocenters. The Balaban J connectivity index is 3.17. The molecule has 0 fully saturated rings. The predicted molar refractivity (Wildman–Crippen MR) is 55.9 cm³/mol. The van der Waals surface area contributed by atoms with E-state index in [0.29, 0.717) is 5.57 Å². The molecule has 1 rings (SSSR count). The summed E-state index contributed by atoms with van der Waals surface area (Å²) in [6, 6.07) is -0.437. The zero-order valence-electron chi connectivity index (χ0n) is 9.00. The summed E-state index contributed by atoms with van der Waals surface area (Å²) in [7, 11) is 0. The van der Waals surface area contributed by atoms with Crippen LogP contribution in [0.5, 0.6) is 0 Å². The van der Waals surface area contributed by atoms with E-state index in [0.717, 1.165) is 11.1 Å². The second-order valence-electron chi connectivity index (χ2n) is 3.98. The third-order valence-electron chi connectivity index (χ3n) is 2.76. The first-order valence-corrected chi connectivity index (χ1v) is 4.74. The van der Waals surface area contributed by atoms with Crippen LogP contribution in [0.2, 0.25) is 0 Å². The van der Waals surface area contributed by atoms with Crippen molar-refractivity contribution in [2.75, 3.05) is 0 Å². The molecule has 76 valence electrons. The first-order valence-electron chi connectivity index (χ1n) is 4.74. The molecule has 0 spiro atoms. The van der Waals surface area contributed by atoms with Crippen molar-refractivity contribution in [2.24, 2.45) is 11.1 Å². The number of nitrogens with zero attached hydrogens (tertiary/aromatic N) is 1. The van der Waals surface area contributed by atoms with Crippen molar-refractivity contribution >= 4 is 5.78 Å². The van der Waals surface area contributed by atoms with E-state index in [1.54, 1.807) is 19.9 Å². The van der Waals surface area contributed by atoms with Crippen molar-refractivity contribution < 1.29 is 4.79 Å². The Morgan fingerprint density at radius 2 is 1.93 bits per heavy atom. The fourth-order valence-electron chi connectivity index (χ4n) is 1.61. The molecule has 0 aliphatic heterocycles. The molecule has 3 heteroatoms. The van der Waals surface area contributed by atoms with E-state index < -0.39 is 6.04 Å². The molecule has 0 amide bonds. The molecular formula is C11H15NO2. The van der Waals surface area contributed by atoms with E-state index in [2.05, 4.69) is 5.18 Å². The lowest BCUT2D eigenvalue weighted by Gasteiger charge is -2.23. The van der Waals surface area contributed by atoms with Gasteiger partial charge >= 0.3 is 0 Å². The van der Waals surface area contributed by atoms with Crippen LogP contribution in [0.15, 0.2) is 28.0 Å². The Labute approximate surface area is 83.9 Å². The van der Waals surface area contributed by atoms with E-state index >= 15 is 0 Å². The van der Waals surface area contributed by atoms with Gasteiger partial charge in [0, 0.05) is 0 Å². The molecule has 0 aromatic heterocycles. The minimum absolute atomic E-state index is 0.00565. The zero-order valence-corrected chi connectivity index (χ0v) is 9.00. The van der Waals surface area contributed by atoms with E-state index in [1.807, 2.05) is 13.8 Å². The summed E-state index contributed by atoms with van der Waals surface area (Å²) in [5.74, 6) is 0.191. The van der Waals surface area contributed by atoms with E-state index in [4.69, 9.17) is 0 Å². The summed E-state index contributed by atoms with van der Waals surface area (Å²) in [5.41, 5.74) is 2.27. The maximum absolute atomic E-state index is 11.5. The topological polar surface area (TPSA) is 46.5 Å². The largest absolute Gasteiger partial charge is 0.290 e. The van der Waals surface area contributed by atoms with Crippen LogP contribution in [0.25, 0.3) is 0 Å². The van der Waals surface area contributed by atoms with Gasteiger partial charge in [-0.2, -0.15) is 0 Å². The van der Waals surface area contributed by atoms with Crippen molar-refractivity contribution in [3.8, 4) is 0 Å². The minimum atomic E-state index is -0.437. The molecule has 0 bridgehead atoms. The van der Waals surface area contributed by atoms with Gasteiger partial charge < -0.3 is 0 Å². The highest BCUT2D eigenvalue weighted by atomic mass is 16.3. The number of hydrogen-bond donors (Lipinski definition) is 0. The molecule has 0 saturated carbocycles. The van der Waals surface area contributed by atoms with Gasteiger partial charge in [0.15, 0.2) is 5.78 Å². The van der Waals surface area contributed by atoms with Crippen LogP contribution in [0.3, 0.4) is 0 Å². The van der Waals surface area contributed by atoms with Gasteiger partial charge in [0.05, 0.1) is 0 Å². The Hall–Kier alpha value is -1.25. The number of carbonyl (C=O) groups is 1. The third-order valence-corrected chi connectivity index (χ3v) is 2.76. The summed E-state index contributed by atoms with van der Waals surface area (Å²) in [5, 5.41) is 3.09. The second kappa shape index (κ2) is 3.86. The van der Waals surface area contributed by atoms with E-state index in [1.165, 1.54) is 0 Å².